The zero-order valence-corrected chi connectivity index (χ0v) is 19.8. The molecule has 0 aliphatic rings. The van der Waals surface area contributed by atoms with Gasteiger partial charge in [-0.2, -0.15) is 0 Å². The van der Waals surface area contributed by atoms with E-state index in [1.54, 1.807) is 0 Å². The Kier molecular flexibility index (Phi) is 12.2. The first-order chi connectivity index (χ1) is 15.5. The number of carbonyl (C=O) groups is 2. The van der Waals surface area contributed by atoms with Gasteiger partial charge in [0.1, 0.15) is 0 Å². The van der Waals surface area contributed by atoms with Crippen molar-refractivity contribution in [2.75, 3.05) is 0 Å². The first-order valence-corrected chi connectivity index (χ1v) is 12.2. The van der Waals surface area contributed by atoms with Crippen molar-refractivity contribution in [2.45, 2.75) is 90.1 Å². The van der Waals surface area contributed by atoms with Gasteiger partial charge in [-0.3, -0.25) is 9.59 Å². The molecule has 2 atom stereocenters. The molecule has 0 radical (unpaired) electrons. The van der Waals surface area contributed by atoms with Crippen LogP contribution in [0.1, 0.15) is 76.3 Å². The van der Waals surface area contributed by atoms with Crippen LogP contribution in [0.5, 0.6) is 0 Å². The van der Waals surface area contributed by atoms with E-state index in [0.717, 1.165) is 51.4 Å². The fourth-order valence-corrected chi connectivity index (χ4v) is 4.01. The number of unbranched alkanes of at least 4 members (excludes halogenated alkanes) is 5. The fraction of sp³-hybridized carbons (Fsp3) is 0.500. The Morgan fingerprint density at radius 2 is 0.938 bits per heavy atom. The Balaban J connectivity index is 1.43. The van der Waals surface area contributed by atoms with Crippen LogP contribution in [0.15, 0.2) is 60.7 Å². The van der Waals surface area contributed by atoms with Gasteiger partial charge in [0.05, 0.1) is 0 Å². The second-order valence-corrected chi connectivity index (χ2v) is 8.94. The zero-order valence-electron chi connectivity index (χ0n) is 19.8. The molecule has 174 valence electrons. The number of benzene rings is 2. The summed E-state index contributed by atoms with van der Waals surface area (Å²) in [4.78, 5) is 24.2. The lowest BCUT2D eigenvalue weighted by Crippen LogP contribution is -2.33. The van der Waals surface area contributed by atoms with Gasteiger partial charge in [0.2, 0.25) is 11.8 Å². The second kappa shape index (κ2) is 15.2. The molecular weight excluding hydrogens is 396 g/mol. The molecule has 2 amide bonds. The maximum absolute atomic E-state index is 12.1. The molecule has 0 unspecified atom stereocenters. The lowest BCUT2D eigenvalue weighted by molar-refractivity contribution is -0.122. The third-order valence-electron chi connectivity index (χ3n) is 5.64. The van der Waals surface area contributed by atoms with Gasteiger partial charge in [-0.05, 0) is 50.7 Å². The lowest BCUT2D eigenvalue weighted by Gasteiger charge is -2.14. The molecule has 0 aromatic heterocycles. The summed E-state index contributed by atoms with van der Waals surface area (Å²) in [5.41, 5.74) is 2.50. The van der Waals surface area contributed by atoms with E-state index in [9.17, 15) is 9.59 Å². The maximum atomic E-state index is 12.1. The van der Waals surface area contributed by atoms with Gasteiger partial charge in [-0.1, -0.05) is 86.3 Å². The molecule has 4 nitrogen and oxygen atoms in total. The fourth-order valence-electron chi connectivity index (χ4n) is 4.01. The molecule has 0 aliphatic heterocycles. The number of amides is 2. The lowest BCUT2D eigenvalue weighted by atomic mass is 10.1. The Labute approximate surface area is 194 Å². The van der Waals surface area contributed by atoms with Crippen molar-refractivity contribution in [3.05, 3.63) is 71.8 Å². The Bertz CT molecular complexity index is 709. The first kappa shape index (κ1) is 25.6. The number of hydrogen-bond acceptors (Lipinski definition) is 2. The van der Waals surface area contributed by atoms with Crippen molar-refractivity contribution < 1.29 is 9.59 Å². The normalized spacial score (nSPS) is 12.7. The van der Waals surface area contributed by atoms with Crippen molar-refractivity contribution in [1.82, 2.24) is 10.6 Å². The monoisotopic (exact) mass is 436 g/mol. The predicted octanol–water partition coefficient (Wildman–Crippen LogP) is 5.60. The highest BCUT2D eigenvalue weighted by molar-refractivity contribution is 5.76. The number of carbonyl (C=O) groups excluding carboxylic acids is 2. The van der Waals surface area contributed by atoms with Crippen LogP contribution in [-0.2, 0) is 22.4 Å². The van der Waals surface area contributed by atoms with E-state index in [1.165, 1.54) is 11.1 Å². The van der Waals surface area contributed by atoms with E-state index in [4.69, 9.17) is 0 Å². The Hall–Kier alpha value is -2.62. The first-order valence-electron chi connectivity index (χ1n) is 12.2. The van der Waals surface area contributed by atoms with Gasteiger partial charge in [-0.15, -0.1) is 0 Å². The van der Waals surface area contributed by atoms with Crippen molar-refractivity contribution in [1.29, 1.82) is 0 Å². The average molecular weight is 437 g/mol. The molecule has 32 heavy (non-hydrogen) atoms. The summed E-state index contributed by atoms with van der Waals surface area (Å²) in [6.07, 6.45) is 9.18. The molecule has 2 aromatic carbocycles. The largest absolute Gasteiger partial charge is 0.353 e. The smallest absolute Gasteiger partial charge is 0.220 e. The molecule has 0 fully saturated rings. The third kappa shape index (κ3) is 11.7. The van der Waals surface area contributed by atoms with Crippen LogP contribution >= 0.6 is 0 Å². The van der Waals surface area contributed by atoms with Gasteiger partial charge >= 0.3 is 0 Å². The standard InChI is InChI=1S/C28H40N2O2/c1-23(21-25-15-9-7-10-16-25)29-27(31)19-13-5-3-4-6-14-20-28(32)30-24(2)22-26-17-11-8-12-18-26/h7-12,15-18,23-24H,3-6,13-14,19-22H2,1-2H3,(H,29,31)(H,30,32)/t23-,24+. The van der Waals surface area contributed by atoms with Crippen LogP contribution in [0.2, 0.25) is 0 Å². The number of hydrogen-bond donors (Lipinski definition) is 2. The molecule has 0 aliphatic carbocycles. The summed E-state index contributed by atoms with van der Waals surface area (Å²) >= 11 is 0. The van der Waals surface area contributed by atoms with Crippen LogP contribution < -0.4 is 10.6 Å². The summed E-state index contributed by atoms with van der Waals surface area (Å²) in [5, 5.41) is 6.20. The average Bonchev–Trinajstić information content (AvgIpc) is 2.76. The molecule has 0 spiro atoms. The molecule has 0 heterocycles. The summed E-state index contributed by atoms with van der Waals surface area (Å²) in [7, 11) is 0. The SMILES string of the molecule is C[C@H](Cc1ccccc1)NC(=O)CCCCCCCCC(=O)N[C@@H](C)Cc1ccccc1. The maximum Gasteiger partial charge on any atom is 0.220 e. The minimum absolute atomic E-state index is 0.148. The zero-order chi connectivity index (χ0) is 23.0. The Morgan fingerprint density at radius 1 is 0.594 bits per heavy atom. The highest BCUT2D eigenvalue weighted by Gasteiger charge is 2.09. The van der Waals surface area contributed by atoms with Crippen LogP contribution in [0.25, 0.3) is 0 Å². The summed E-state index contributed by atoms with van der Waals surface area (Å²) < 4.78 is 0. The molecule has 2 aromatic rings. The Morgan fingerprint density at radius 3 is 1.31 bits per heavy atom. The van der Waals surface area contributed by atoms with Gasteiger partial charge in [0.15, 0.2) is 0 Å². The molecule has 4 heteroatoms. The van der Waals surface area contributed by atoms with Crippen molar-refractivity contribution in [3.63, 3.8) is 0 Å². The summed E-state index contributed by atoms with van der Waals surface area (Å²) in [5.74, 6) is 0.296. The van der Waals surface area contributed by atoms with E-state index in [2.05, 4.69) is 48.7 Å². The molecule has 2 N–H and O–H groups in total. The van der Waals surface area contributed by atoms with Crippen LogP contribution in [0.3, 0.4) is 0 Å². The van der Waals surface area contributed by atoms with Crippen molar-refractivity contribution >= 4 is 11.8 Å². The van der Waals surface area contributed by atoms with E-state index in [0.29, 0.717) is 12.8 Å². The molecule has 2 rings (SSSR count). The van der Waals surface area contributed by atoms with Crippen molar-refractivity contribution in [3.8, 4) is 0 Å². The van der Waals surface area contributed by atoms with E-state index < -0.39 is 0 Å². The van der Waals surface area contributed by atoms with E-state index >= 15 is 0 Å². The van der Waals surface area contributed by atoms with Crippen LogP contribution in [0.4, 0.5) is 0 Å². The number of nitrogens with one attached hydrogen (secondary N) is 2. The number of rotatable bonds is 15. The minimum atomic E-state index is 0.148. The predicted molar refractivity (Wildman–Crippen MR) is 132 cm³/mol. The summed E-state index contributed by atoms with van der Waals surface area (Å²) in [6, 6.07) is 20.8. The third-order valence-corrected chi connectivity index (χ3v) is 5.64. The van der Waals surface area contributed by atoms with Crippen LogP contribution in [0, 0.1) is 0 Å². The minimum Gasteiger partial charge on any atom is -0.353 e. The molecule has 0 saturated carbocycles. The highest BCUT2D eigenvalue weighted by atomic mass is 16.2. The summed E-state index contributed by atoms with van der Waals surface area (Å²) in [6.45, 7) is 4.12. The van der Waals surface area contributed by atoms with Gasteiger partial charge in [-0.25, -0.2) is 0 Å². The van der Waals surface area contributed by atoms with Gasteiger partial charge < -0.3 is 10.6 Å². The molecule has 0 saturated heterocycles. The highest BCUT2D eigenvalue weighted by Crippen LogP contribution is 2.10. The van der Waals surface area contributed by atoms with E-state index in [1.807, 2.05) is 36.4 Å². The molecular formula is C28H40N2O2. The quantitative estimate of drug-likeness (QED) is 0.357. The topological polar surface area (TPSA) is 58.2 Å². The van der Waals surface area contributed by atoms with Crippen LogP contribution in [-0.4, -0.2) is 23.9 Å². The van der Waals surface area contributed by atoms with E-state index in [-0.39, 0.29) is 23.9 Å². The molecule has 0 bridgehead atoms. The van der Waals surface area contributed by atoms with Crippen molar-refractivity contribution in [2.24, 2.45) is 0 Å². The van der Waals surface area contributed by atoms with Gasteiger partial charge in [0.25, 0.3) is 0 Å². The van der Waals surface area contributed by atoms with Gasteiger partial charge in [0, 0.05) is 24.9 Å². The second-order valence-electron chi connectivity index (χ2n) is 8.94.